The van der Waals surface area contributed by atoms with Gasteiger partial charge in [-0.3, -0.25) is 9.59 Å². The second-order valence-corrected chi connectivity index (χ2v) is 10.4. The lowest BCUT2D eigenvalue weighted by Gasteiger charge is -2.38. The maximum absolute atomic E-state index is 13.7. The van der Waals surface area contributed by atoms with E-state index in [-0.39, 0.29) is 23.5 Å². The summed E-state index contributed by atoms with van der Waals surface area (Å²) >= 11 is 4.27. The molecule has 34 heavy (non-hydrogen) atoms. The summed E-state index contributed by atoms with van der Waals surface area (Å²) in [5.41, 5.74) is -0.405. The number of phenolic OH excluding ortho intramolecular Hbond substituents is 1. The van der Waals surface area contributed by atoms with Crippen molar-refractivity contribution in [3.63, 3.8) is 0 Å². The molecule has 8 nitrogen and oxygen atoms in total. The Balaban J connectivity index is 2.38. The Morgan fingerprint density at radius 1 is 1.15 bits per heavy atom. The molecule has 3 N–H and O–H groups in total. The van der Waals surface area contributed by atoms with Gasteiger partial charge in [0.05, 0.1) is 0 Å². The van der Waals surface area contributed by atoms with Crippen LogP contribution in [0, 0.1) is 0 Å². The number of carbonyl (C=O) groups is 3. The molecule has 1 aliphatic carbocycles. The highest BCUT2D eigenvalue weighted by atomic mass is 32.1. The zero-order valence-electron chi connectivity index (χ0n) is 20.8. The topological polar surface area (TPSA) is 108 Å². The number of phenols is 1. The number of aromatic hydroxyl groups is 1. The number of amides is 3. The third-order valence-corrected chi connectivity index (χ3v) is 6.06. The summed E-state index contributed by atoms with van der Waals surface area (Å²) in [7, 11) is 0. The Labute approximate surface area is 208 Å². The Kier molecular flexibility index (Phi) is 10.1. The largest absolute Gasteiger partial charge is 0.508 e. The summed E-state index contributed by atoms with van der Waals surface area (Å²) in [6.45, 7) is 8.78. The first-order valence-corrected chi connectivity index (χ1v) is 12.6. The number of alkyl carbamates (subject to hydrolysis) is 1. The van der Waals surface area contributed by atoms with Crippen molar-refractivity contribution in [1.29, 1.82) is 0 Å². The molecule has 0 bridgehead atoms. The number of hydrogen-bond donors (Lipinski definition) is 4. The van der Waals surface area contributed by atoms with Gasteiger partial charge in [0.1, 0.15) is 23.4 Å². The van der Waals surface area contributed by atoms with Gasteiger partial charge in [0, 0.05) is 23.4 Å². The molecule has 190 valence electrons. The monoisotopic (exact) mass is 493 g/mol. The van der Waals surface area contributed by atoms with Gasteiger partial charge in [-0.15, -0.1) is 0 Å². The van der Waals surface area contributed by atoms with E-state index in [4.69, 9.17) is 4.74 Å². The molecular formula is C25H39N3O5S. The number of rotatable bonds is 8. The zero-order valence-corrected chi connectivity index (χ0v) is 21.7. The second-order valence-electron chi connectivity index (χ2n) is 10.0. The van der Waals surface area contributed by atoms with E-state index in [9.17, 15) is 19.5 Å². The van der Waals surface area contributed by atoms with E-state index < -0.39 is 35.7 Å². The van der Waals surface area contributed by atoms with E-state index in [0.29, 0.717) is 5.56 Å². The highest BCUT2D eigenvalue weighted by molar-refractivity contribution is 7.80. The number of carbonyl (C=O) groups excluding carboxylic acids is 3. The molecule has 0 radical (unpaired) electrons. The van der Waals surface area contributed by atoms with Gasteiger partial charge in [0.25, 0.3) is 0 Å². The van der Waals surface area contributed by atoms with Crippen molar-refractivity contribution in [2.75, 3.05) is 5.75 Å². The highest BCUT2D eigenvalue weighted by Crippen LogP contribution is 2.32. The lowest BCUT2D eigenvalue weighted by molar-refractivity contribution is -0.144. The van der Waals surface area contributed by atoms with Crippen LogP contribution in [-0.2, 0) is 14.3 Å². The van der Waals surface area contributed by atoms with Crippen molar-refractivity contribution in [2.45, 2.75) is 96.5 Å². The summed E-state index contributed by atoms with van der Waals surface area (Å²) in [6.07, 6.45) is 4.25. The maximum Gasteiger partial charge on any atom is 0.408 e. The molecule has 9 heteroatoms. The smallest absolute Gasteiger partial charge is 0.408 e. The van der Waals surface area contributed by atoms with Crippen LogP contribution in [-0.4, -0.2) is 57.4 Å². The number of thiol groups is 1. The summed E-state index contributed by atoms with van der Waals surface area (Å²) in [4.78, 5) is 41.0. The first kappa shape index (κ1) is 27.8. The zero-order chi connectivity index (χ0) is 25.5. The average molecular weight is 494 g/mol. The number of nitrogens with zero attached hydrogens (tertiary/aromatic N) is 1. The fourth-order valence-corrected chi connectivity index (χ4v) is 4.41. The number of hydrogen-bond acceptors (Lipinski definition) is 6. The minimum Gasteiger partial charge on any atom is -0.508 e. The summed E-state index contributed by atoms with van der Waals surface area (Å²) in [6, 6.07) is 4.05. The fourth-order valence-electron chi connectivity index (χ4n) is 4.16. The van der Waals surface area contributed by atoms with Gasteiger partial charge in [-0.25, -0.2) is 4.79 Å². The van der Waals surface area contributed by atoms with Crippen LogP contribution in [0.1, 0.15) is 78.3 Å². The molecule has 2 unspecified atom stereocenters. The molecule has 2 atom stereocenters. The van der Waals surface area contributed by atoms with E-state index >= 15 is 0 Å². The first-order valence-electron chi connectivity index (χ1n) is 12.0. The molecule has 1 aromatic rings. The van der Waals surface area contributed by atoms with E-state index in [1.54, 1.807) is 52.8 Å². The maximum atomic E-state index is 13.7. The van der Waals surface area contributed by atoms with Crippen molar-refractivity contribution >= 4 is 30.5 Å². The molecule has 0 aromatic heterocycles. The van der Waals surface area contributed by atoms with Crippen LogP contribution in [0.4, 0.5) is 4.79 Å². The SMILES string of the molecule is CC(C)N(C(=O)C(CS)NC(=O)OC(C)(C)C)C(C(=O)NC1CCCCC1)c1ccccc1O. The number of nitrogens with one attached hydrogen (secondary N) is 2. The van der Waals surface area contributed by atoms with Crippen LogP contribution in [0.2, 0.25) is 0 Å². The average Bonchev–Trinajstić information content (AvgIpc) is 2.75. The van der Waals surface area contributed by atoms with Crippen molar-refractivity contribution < 1.29 is 24.2 Å². The van der Waals surface area contributed by atoms with Crippen molar-refractivity contribution in [3.8, 4) is 5.75 Å². The Hall–Kier alpha value is -2.42. The van der Waals surface area contributed by atoms with Crippen molar-refractivity contribution in [2.24, 2.45) is 0 Å². The Morgan fingerprint density at radius 2 is 1.76 bits per heavy atom. The van der Waals surface area contributed by atoms with Gasteiger partial charge < -0.3 is 25.4 Å². The van der Waals surface area contributed by atoms with Gasteiger partial charge in [-0.05, 0) is 53.5 Å². The third kappa shape index (κ3) is 7.82. The molecule has 1 aliphatic rings. The molecule has 0 heterocycles. The van der Waals surface area contributed by atoms with Crippen LogP contribution in [0.5, 0.6) is 5.75 Å². The normalized spacial score (nSPS) is 16.4. The quantitative estimate of drug-likeness (QED) is 0.410. The number of ether oxygens (including phenoxy) is 1. The summed E-state index contributed by atoms with van der Waals surface area (Å²) < 4.78 is 5.30. The third-order valence-electron chi connectivity index (χ3n) is 5.69. The lowest BCUT2D eigenvalue weighted by Crippen LogP contribution is -2.56. The molecule has 1 aromatic carbocycles. The summed E-state index contributed by atoms with van der Waals surface area (Å²) in [5.74, 6) is -0.903. The van der Waals surface area contributed by atoms with Gasteiger partial charge in [-0.2, -0.15) is 12.6 Å². The van der Waals surface area contributed by atoms with Crippen LogP contribution < -0.4 is 10.6 Å². The van der Waals surface area contributed by atoms with Crippen LogP contribution in [0.15, 0.2) is 24.3 Å². The Bertz CT molecular complexity index is 849. The number of benzene rings is 1. The standard InChI is InChI=1S/C25H39N3O5S/c1-16(2)28(23(31)19(15-34)27-24(32)33-25(3,4)5)21(18-13-9-10-14-20(18)29)22(30)26-17-11-7-6-8-12-17/h9-10,13-14,16-17,19,21,29,34H,6-8,11-12,15H2,1-5H3,(H,26,30)(H,27,32). The van der Waals surface area contributed by atoms with E-state index in [1.807, 2.05) is 0 Å². The molecular weight excluding hydrogens is 454 g/mol. The minimum atomic E-state index is -1.07. The predicted octanol–water partition coefficient (Wildman–Crippen LogP) is 3.94. The van der Waals surface area contributed by atoms with Gasteiger partial charge in [0.15, 0.2) is 0 Å². The molecule has 2 rings (SSSR count). The van der Waals surface area contributed by atoms with Crippen LogP contribution in [0.25, 0.3) is 0 Å². The summed E-state index contributed by atoms with van der Waals surface area (Å²) in [5, 5.41) is 16.3. The van der Waals surface area contributed by atoms with Gasteiger partial charge in [-0.1, -0.05) is 37.5 Å². The van der Waals surface area contributed by atoms with E-state index in [1.165, 1.54) is 11.0 Å². The van der Waals surface area contributed by atoms with E-state index in [0.717, 1.165) is 32.1 Å². The molecule has 3 amide bonds. The first-order chi connectivity index (χ1) is 15.9. The Morgan fingerprint density at radius 3 is 2.29 bits per heavy atom. The minimum absolute atomic E-state index is 0.0129. The van der Waals surface area contributed by atoms with Crippen LogP contribution >= 0.6 is 12.6 Å². The molecule has 0 aliphatic heterocycles. The lowest BCUT2D eigenvalue weighted by atomic mass is 9.94. The molecule has 1 fully saturated rings. The fraction of sp³-hybridized carbons (Fsp3) is 0.640. The molecule has 0 spiro atoms. The number of para-hydroxylation sites is 1. The molecule has 1 saturated carbocycles. The van der Waals surface area contributed by atoms with Crippen LogP contribution in [0.3, 0.4) is 0 Å². The van der Waals surface area contributed by atoms with Crippen molar-refractivity contribution in [1.82, 2.24) is 15.5 Å². The van der Waals surface area contributed by atoms with E-state index in [2.05, 4.69) is 23.3 Å². The van der Waals surface area contributed by atoms with Gasteiger partial charge in [0.2, 0.25) is 11.8 Å². The van der Waals surface area contributed by atoms with Gasteiger partial charge >= 0.3 is 6.09 Å². The van der Waals surface area contributed by atoms with Crippen molar-refractivity contribution in [3.05, 3.63) is 29.8 Å². The second kappa shape index (κ2) is 12.3. The predicted molar refractivity (Wildman–Crippen MR) is 135 cm³/mol. The highest BCUT2D eigenvalue weighted by Gasteiger charge is 2.39. The molecule has 0 saturated heterocycles.